The second-order valence-corrected chi connectivity index (χ2v) is 5.95. The van der Waals surface area contributed by atoms with E-state index in [-0.39, 0.29) is 12.5 Å². The summed E-state index contributed by atoms with van der Waals surface area (Å²) in [6, 6.07) is 9.90. The zero-order valence-corrected chi connectivity index (χ0v) is 16.3. The zero-order chi connectivity index (χ0) is 20.0. The minimum Gasteiger partial charge on any atom is -0.497 e. The third-order valence-electron chi connectivity index (χ3n) is 3.81. The van der Waals surface area contributed by atoms with E-state index in [9.17, 15) is 9.59 Å². The Bertz CT molecular complexity index is 841. The SMILES string of the molecule is COc1ccc(OC)c(NC(=O)CN(C(C)=O)c2ccc(OC)c(Cl)c2)c1. The fourth-order valence-electron chi connectivity index (χ4n) is 2.45. The number of carbonyl (C=O) groups excluding carboxylic acids is 2. The quantitative estimate of drug-likeness (QED) is 0.781. The molecule has 0 saturated carbocycles. The van der Waals surface area contributed by atoms with Gasteiger partial charge in [0.1, 0.15) is 23.8 Å². The fraction of sp³-hybridized carbons (Fsp3) is 0.263. The van der Waals surface area contributed by atoms with Gasteiger partial charge in [-0.1, -0.05) is 11.6 Å². The highest BCUT2D eigenvalue weighted by Crippen LogP contribution is 2.30. The van der Waals surface area contributed by atoms with Gasteiger partial charge in [-0.25, -0.2) is 0 Å². The van der Waals surface area contributed by atoms with Crippen LogP contribution in [0.2, 0.25) is 5.02 Å². The Morgan fingerprint density at radius 2 is 1.67 bits per heavy atom. The molecular weight excluding hydrogens is 372 g/mol. The van der Waals surface area contributed by atoms with E-state index in [1.54, 1.807) is 36.4 Å². The molecule has 0 unspecified atom stereocenters. The lowest BCUT2D eigenvalue weighted by Gasteiger charge is -2.22. The van der Waals surface area contributed by atoms with E-state index >= 15 is 0 Å². The molecule has 0 aliphatic heterocycles. The summed E-state index contributed by atoms with van der Waals surface area (Å²) in [5, 5.41) is 3.08. The molecule has 0 aliphatic carbocycles. The van der Waals surface area contributed by atoms with Gasteiger partial charge in [0.25, 0.3) is 0 Å². The topological polar surface area (TPSA) is 77.1 Å². The van der Waals surface area contributed by atoms with Crippen molar-refractivity contribution >= 4 is 34.8 Å². The summed E-state index contributed by atoms with van der Waals surface area (Å²) in [7, 11) is 4.52. The van der Waals surface area contributed by atoms with Gasteiger partial charge in [-0.15, -0.1) is 0 Å². The van der Waals surface area contributed by atoms with Crippen molar-refractivity contribution in [3.8, 4) is 17.2 Å². The Morgan fingerprint density at radius 1 is 1.00 bits per heavy atom. The van der Waals surface area contributed by atoms with E-state index in [0.29, 0.717) is 33.6 Å². The van der Waals surface area contributed by atoms with Crippen molar-refractivity contribution in [2.75, 3.05) is 38.1 Å². The van der Waals surface area contributed by atoms with Crippen LogP contribution in [-0.2, 0) is 9.59 Å². The van der Waals surface area contributed by atoms with Crippen LogP contribution in [0.5, 0.6) is 17.2 Å². The van der Waals surface area contributed by atoms with Crippen LogP contribution in [0.1, 0.15) is 6.92 Å². The molecule has 8 heteroatoms. The van der Waals surface area contributed by atoms with Crippen LogP contribution in [0.15, 0.2) is 36.4 Å². The first-order valence-electron chi connectivity index (χ1n) is 8.03. The molecule has 0 aromatic heterocycles. The van der Waals surface area contributed by atoms with E-state index in [0.717, 1.165) is 0 Å². The molecule has 0 saturated heterocycles. The normalized spacial score (nSPS) is 10.1. The summed E-state index contributed by atoms with van der Waals surface area (Å²) in [6.07, 6.45) is 0. The predicted molar refractivity (Wildman–Crippen MR) is 104 cm³/mol. The Kier molecular flexibility index (Phi) is 6.90. The highest BCUT2D eigenvalue weighted by molar-refractivity contribution is 6.32. The molecule has 0 bridgehead atoms. The Hall–Kier alpha value is -2.93. The third-order valence-corrected chi connectivity index (χ3v) is 4.10. The summed E-state index contributed by atoms with van der Waals surface area (Å²) in [4.78, 5) is 25.9. The van der Waals surface area contributed by atoms with E-state index < -0.39 is 5.91 Å². The molecule has 0 radical (unpaired) electrons. The number of anilines is 2. The van der Waals surface area contributed by atoms with Crippen molar-refractivity contribution in [3.63, 3.8) is 0 Å². The minimum absolute atomic E-state index is 0.196. The van der Waals surface area contributed by atoms with Gasteiger partial charge in [-0.3, -0.25) is 9.59 Å². The summed E-state index contributed by atoms with van der Waals surface area (Å²) in [6.45, 7) is 1.18. The average molecular weight is 393 g/mol. The van der Waals surface area contributed by atoms with Crippen LogP contribution < -0.4 is 24.4 Å². The van der Waals surface area contributed by atoms with Gasteiger partial charge in [0.05, 0.1) is 32.0 Å². The molecule has 0 fully saturated rings. The number of rotatable bonds is 7. The van der Waals surface area contributed by atoms with Crippen molar-refractivity contribution in [2.45, 2.75) is 6.92 Å². The molecule has 0 heterocycles. The van der Waals surface area contributed by atoms with Crippen molar-refractivity contribution < 1.29 is 23.8 Å². The number of nitrogens with one attached hydrogen (secondary N) is 1. The molecule has 2 amide bonds. The maximum Gasteiger partial charge on any atom is 0.244 e. The van der Waals surface area contributed by atoms with Crippen molar-refractivity contribution in [1.82, 2.24) is 0 Å². The van der Waals surface area contributed by atoms with Gasteiger partial charge in [-0.2, -0.15) is 0 Å². The number of hydrogen-bond donors (Lipinski definition) is 1. The summed E-state index contributed by atoms with van der Waals surface area (Å²) in [5.41, 5.74) is 0.930. The Labute approximate surface area is 162 Å². The molecule has 1 N–H and O–H groups in total. The first-order valence-corrected chi connectivity index (χ1v) is 8.41. The Balaban J connectivity index is 2.21. The number of hydrogen-bond acceptors (Lipinski definition) is 5. The second kappa shape index (κ2) is 9.14. The molecule has 144 valence electrons. The van der Waals surface area contributed by atoms with Gasteiger partial charge in [0.2, 0.25) is 11.8 Å². The highest BCUT2D eigenvalue weighted by atomic mass is 35.5. The lowest BCUT2D eigenvalue weighted by molar-refractivity contribution is -0.120. The lowest BCUT2D eigenvalue weighted by atomic mass is 10.2. The number of carbonyl (C=O) groups is 2. The Morgan fingerprint density at radius 3 is 2.22 bits per heavy atom. The minimum atomic E-state index is -0.399. The number of amides is 2. The zero-order valence-electron chi connectivity index (χ0n) is 15.5. The monoisotopic (exact) mass is 392 g/mol. The maximum atomic E-state index is 12.5. The largest absolute Gasteiger partial charge is 0.497 e. The molecule has 2 aromatic rings. The van der Waals surface area contributed by atoms with Crippen LogP contribution in [0, 0.1) is 0 Å². The maximum absolute atomic E-state index is 12.5. The first kappa shape index (κ1) is 20.4. The van der Waals surface area contributed by atoms with Crippen LogP contribution in [0.25, 0.3) is 0 Å². The van der Waals surface area contributed by atoms with E-state index in [2.05, 4.69) is 5.32 Å². The van der Waals surface area contributed by atoms with Crippen molar-refractivity contribution in [3.05, 3.63) is 41.4 Å². The van der Waals surface area contributed by atoms with Gasteiger partial charge in [0, 0.05) is 18.7 Å². The fourth-order valence-corrected chi connectivity index (χ4v) is 2.70. The molecule has 27 heavy (non-hydrogen) atoms. The molecule has 0 aliphatic rings. The van der Waals surface area contributed by atoms with E-state index in [1.807, 2.05) is 0 Å². The molecule has 0 spiro atoms. The van der Waals surface area contributed by atoms with Gasteiger partial charge >= 0.3 is 0 Å². The van der Waals surface area contributed by atoms with Crippen LogP contribution in [-0.4, -0.2) is 39.7 Å². The highest BCUT2D eigenvalue weighted by Gasteiger charge is 2.18. The number of benzene rings is 2. The van der Waals surface area contributed by atoms with Crippen LogP contribution >= 0.6 is 11.6 Å². The molecule has 7 nitrogen and oxygen atoms in total. The summed E-state index contributed by atoms with van der Waals surface area (Å²) in [5.74, 6) is 0.824. The van der Waals surface area contributed by atoms with Gasteiger partial charge in [-0.05, 0) is 30.3 Å². The number of nitrogens with zero attached hydrogens (tertiary/aromatic N) is 1. The van der Waals surface area contributed by atoms with E-state index in [1.165, 1.54) is 33.2 Å². The number of halogens is 1. The molecule has 0 atom stereocenters. The summed E-state index contributed by atoms with van der Waals surface area (Å²) < 4.78 is 15.5. The predicted octanol–water partition coefficient (Wildman–Crippen LogP) is 3.36. The van der Waals surface area contributed by atoms with Crippen molar-refractivity contribution in [1.29, 1.82) is 0 Å². The van der Waals surface area contributed by atoms with Crippen LogP contribution in [0.4, 0.5) is 11.4 Å². The first-order chi connectivity index (χ1) is 12.9. The van der Waals surface area contributed by atoms with Crippen molar-refractivity contribution in [2.24, 2.45) is 0 Å². The lowest BCUT2D eigenvalue weighted by Crippen LogP contribution is -2.36. The van der Waals surface area contributed by atoms with Gasteiger partial charge < -0.3 is 24.4 Å². The summed E-state index contributed by atoms with van der Waals surface area (Å²) >= 11 is 6.12. The van der Waals surface area contributed by atoms with Gasteiger partial charge in [0.15, 0.2) is 0 Å². The molecule has 2 aromatic carbocycles. The third kappa shape index (κ3) is 5.04. The number of ether oxygens (including phenoxy) is 3. The molecule has 2 rings (SSSR count). The second-order valence-electron chi connectivity index (χ2n) is 5.54. The standard InChI is InChI=1S/C19H21ClN2O5/c1-12(23)22(13-5-7-17(26-3)15(20)9-13)11-19(24)21-16-10-14(25-2)6-8-18(16)27-4/h5-10H,11H2,1-4H3,(H,21,24). The molecular formula is C19H21ClN2O5. The average Bonchev–Trinajstić information content (AvgIpc) is 2.65. The number of methoxy groups -OCH3 is 3. The van der Waals surface area contributed by atoms with Crippen LogP contribution in [0.3, 0.4) is 0 Å². The van der Waals surface area contributed by atoms with E-state index in [4.69, 9.17) is 25.8 Å². The smallest absolute Gasteiger partial charge is 0.244 e.